The predicted octanol–water partition coefficient (Wildman–Crippen LogP) is 2.91. The van der Waals surface area contributed by atoms with Crippen molar-refractivity contribution in [1.82, 2.24) is 10.0 Å². The number of carbonyl (C=O) groups excluding carboxylic acids is 1. The average molecular weight is 414 g/mol. The number of hydrogen-bond donors (Lipinski definition) is 2. The van der Waals surface area contributed by atoms with Gasteiger partial charge in [-0.15, -0.1) is 0 Å². The smallest absolute Gasteiger partial charge is 0.251 e. The third-order valence-electron chi connectivity index (χ3n) is 5.54. The Kier molecular flexibility index (Phi) is 5.87. The second-order valence-electron chi connectivity index (χ2n) is 7.83. The molecule has 0 spiro atoms. The highest BCUT2D eigenvalue weighted by molar-refractivity contribution is 7.89. The van der Waals surface area contributed by atoms with Crippen LogP contribution in [0.25, 0.3) is 0 Å². The van der Waals surface area contributed by atoms with Crippen molar-refractivity contribution in [3.05, 3.63) is 59.7 Å². The first-order valence-electron chi connectivity index (χ1n) is 10.2. The van der Waals surface area contributed by atoms with Gasteiger partial charge in [-0.2, -0.15) is 0 Å². The molecule has 2 aliphatic rings. The zero-order chi connectivity index (χ0) is 20.3. The summed E-state index contributed by atoms with van der Waals surface area (Å²) in [6.45, 7) is 2.95. The van der Waals surface area contributed by atoms with E-state index >= 15 is 0 Å². The summed E-state index contributed by atoms with van der Waals surface area (Å²) >= 11 is 0. The third-order valence-corrected chi connectivity index (χ3v) is 6.96. The SMILES string of the molecule is O=C(NCc1ccccc1N1CCCC1)c1cccc(S(=O)(=O)NCC2CC2)c1. The standard InChI is InChI=1S/C22H27N3O3S/c26-22(23-16-19-6-1-2-9-21(19)25-12-3-4-13-25)18-7-5-8-20(14-18)29(27,28)24-15-17-10-11-17/h1-2,5-9,14,17,24H,3-4,10-13,15-16H2,(H,23,26). The summed E-state index contributed by atoms with van der Waals surface area (Å²) in [7, 11) is -3.59. The van der Waals surface area contributed by atoms with E-state index < -0.39 is 10.0 Å². The van der Waals surface area contributed by atoms with E-state index in [4.69, 9.17) is 0 Å². The van der Waals surface area contributed by atoms with Crippen LogP contribution in [0, 0.1) is 5.92 Å². The maximum Gasteiger partial charge on any atom is 0.251 e. The van der Waals surface area contributed by atoms with Gasteiger partial charge < -0.3 is 10.2 Å². The number of carbonyl (C=O) groups is 1. The van der Waals surface area contributed by atoms with Gasteiger partial charge in [0, 0.05) is 37.4 Å². The van der Waals surface area contributed by atoms with Crippen molar-refractivity contribution in [2.45, 2.75) is 37.1 Å². The van der Waals surface area contributed by atoms with Gasteiger partial charge in [0.15, 0.2) is 0 Å². The van der Waals surface area contributed by atoms with Crippen molar-refractivity contribution in [2.75, 3.05) is 24.5 Å². The zero-order valence-corrected chi connectivity index (χ0v) is 17.2. The largest absolute Gasteiger partial charge is 0.371 e. The van der Waals surface area contributed by atoms with E-state index in [1.165, 1.54) is 25.0 Å². The lowest BCUT2D eigenvalue weighted by molar-refractivity contribution is 0.0950. The molecular formula is C22H27N3O3S. The van der Waals surface area contributed by atoms with Crippen molar-refractivity contribution in [3.8, 4) is 0 Å². The second kappa shape index (κ2) is 8.55. The molecule has 1 saturated carbocycles. The van der Waals surface area contributed by atoms with Gasteiger partial charge in [-0.25, -0.2) is 13.1 Å². The molecule has 2 aromatic carbocycles. The molecule has 6 nitrogen and oxygen atoms in total. The minimum atomic E-state index is -3.59. The monoisotopic (exact) mass is 413 g/mol. The number of anilines is 1. The maximum atomic E-state index is 12.7. The molecule has 154 valence electrons. The van der Waals surface area contributed by atoms with E-state index in [9.17, 15) is 13.2 Å². The molecule has 0 unspecified atom stereocenters. The van der Waals surface area contributed by atoms with Crippen LogP contribution in [0.1, 0.15) is 41.6 Å². The van der Waals surface area contributed by atoms with Crippen molar-refractivity contribution in [2.24, 2.45) is 5.92 Å². The van der Waals surface area contributed by atoms with Crippen LogP contribution in [-0.4, -0.2) is 34.0 Å². The number of hydrogen-bond acceptors (Lipinski definition) is 4. The minimum Gasteiger partial charge on any atom is -0.371 e. The summed E-state index contributed by atoms with van der Waals surface area (Å²) in [6, 6.07) is 14.3. The van der Waals surface area contributed by atoms with E-state index in [0.717, 1.165) is 37.2 Å². The topological polar surface area (TPSA) is 78.5 Å². The second-order valence-corrected chi connectivity index (χ2v) is 9.60. The fourth-order valence-electron chi connectivity index (χ4n) is 3.64. The summed E-state index contributed by atoms with van der Waals surface area (Å²) in [5, 5.41) is 2.94. The molecule has 29 heavy (non-hydrogen) atoms. The van der Waals surface area contributed by atoms with Gasteiger partial charge in [0.05, 0.1) is 4.90 Å². The van der Waals surface area contributed by atoms with E-state index in [1.807, 2.05) is 18.2 Å². The van der Waals surface area contributed by atoms with Gasteiger partial charge in [-0.3, -0.25) is 4.79 Å². The van der Waals surface area contributed by atoms with Gasteiger partial charge >= 0.3 is 0 Å². The quantitative estimate of drug-likeness (QED) is 0.698. The lowest BCUT2D eigenvalue weighted by atomic mass is 10.1. The molecule has 1 saturated heterocycles. The van der Waals surface area contributed by atoms with Crippen LogP contribution in [0.4, 0.5) is 5.69 Å². The van der Waals surface area contributed by atoms with Crippen LogP contribution in [0.5, 0.6) is 0 Å². The Balaban J connectivity index is 1.43. The Bertz CT molecular complexity index is 980. The molecule has 1 aliphatic carbocycles. The number of benzene rings is 2. The van der Waals surface area contributed by atoms with Gasteiger partial charge in [-0.05, 0) is 61.4 Å². The van der Waals surface area contributed by atoms with Crippen molar-refractivity contribution in [1.29, 1.82) is 0 Å². The number of amides is 1. The predicted molar refractivity (Wildman–Crippen MR) is 113 cm³/mol. The van der Waals surface area contributed by atoms with Crippen LogP contribution in [0.2, 0.25) is 0 Å². The molecule has 1 amide bonds. The number of nitrogens with one attached hydrogen (secondary N) is 2. The number of nitrogens with zero attached hydrogens (tertiary/aromatic N) is 1. The molecule has 1 aliphatic heterocycles. The van der Waals surface area contributed by atoms with Gasteiger partial charge in [0.25, 0.3) is 5.91 Å². The number of para-hydroxylation sites is 1. The molecular weight excluding hydrogens is 386 g/mol. The Morgan fingerprint density at radius 1 is 1.03 bits per heavy atom. The Labute approximate surface area is 172 Å². The van der Waals surface area contributed by atoms with Crippen molar-refractivity contribution >= 4 is 21.6 Å². The van der Waals surface area contributed by atoms with Crippen LogP contribution in [0.15, 0.2) is 53.4 Å². The Morgan fingerprint density at radius 2 is 1.79 bits per heavy atom. The first kappa shape index (κ1) is 19.9. The summed E-state index contributed by atoms with van der Waals surface area (Å²) in [4.78, 5) is 15.1. The molecule has 2 fully saturated rings. The molecule has 2 N–H and O–H groups in total. The molecule has 0 radical (unpaired) electrons. The van der Waals surface area contributed by atoms with E-state index in [2.05, 4.69) is 21.0 Å². The highest BCUT2D eigenvalue weighted by Crippen LogP contribution is 2.28. The van der Waals surface area contributed by atoms with Gasteiger partial charge in [0.2, 0.25) is 10.0 Å². The van der Waals surface area contributed by atoms with E-state index in [1.54, 1.807) is 12.1 Å². The fraction of sp³-hybridized carbons (Fsp3) is 0.409. The Hall–Kier alpha value is -2.38. The van der Waals surface area contributed by atoms with Gasteiger partial charge in [0.1, 0.15) is 0 Å². The first-order chi connectivity index (χ1) is 14.0. The zero-order valence-electron chi connectivity index (χ0n) is 16.4. The summed E-state index contributed by atoms with van der Waals surface area (Å²) in [5.41, 5.74) is 2.57. The van der Waals surface area contributed by atoms with Crippen LogP contribution < -0.4 is 14.9 Å². The molecule has 0 atom stereocenters. The molecule has 7 heteroatoms. The minimum absolute atomic E-state index is 0.128. The first-order valence-corrected chi connectivity index (χ1v) is 11.7. The Morgan fingerprint density at radius 3 is 2.55 bits per heavy atom. The highest BCUT2D eigenvalue weighted by Gasteiger charge is 2.24. The summed E-state index contributed by atoms with van der Waals surface area (Å²) in [6.07, 6.45) is 4.53. The molecule has 0 aromatic heterocycles. The maximum absolute atomic E-state index is 12.7. The lowest BCUT2D eigenvalue weighted by Crippen LogP contribution is -2.27. The number of rotatable bonds is 8. The van der Waals surface area contributed by atoms with E-state index in [-0.39, 0.29) is 10.8 Å². The molecule has 1 heterocycles. The number of sulfonamides is 1. The van der Waals surface area contributed by atoms with Crippen LogP contribution in [0.3, 0.4) is 0 Å². The average Bonchev–Trinajstić information content (AvgIpc) is 3.42. The van der Waals surface area contributed by atoms with Crippen molar-refractivity contribution < 1.29 is 13.2 Å². The normalized spacial score (nSPS) is 16.8. The summed E-state index contributed by atoms with van der Waals surface area (Å²) < 4.78 is 27.6. The molecule has 4 rings (SSSR count). The molecule has 2 aromatic rings. The third kappa shape index (κ3) is 4.97. The van der Waals surface area contributed by atoms with Crippen LogP contribution in [-0.2, 0) is 16.6 Å². The van der Waals surface area contributed by atoms with E-state index in [0.29, 0.717) is 24.6 Å². The lowest BCUT2D eigenvalue weighted by Gasteiger charge is -2.21. The van der Waals surface area contributed by atoms with Crippen molar-refractivity contribution in [3.63, 3.8) is 0 Å². The van der Waals surface area contributed by atoms with Crippen LogP contribution >= 0.6 is 0 Å². The highest BCUT2D eigenvalue weighted by atomic mass is 32.2. The molecule has 0 bridgehead atoms. The van der Waals surface area contributed by atoms with Gasteiger partial charge in [-0.1, -0.05) is 24.3 Å². The fourth-order valence-corrected chi connectivity index (χ4v) is 4.80. The summed E-state index contributed by atoms with van der Waals surface area (Å²) in [5.74, 6) is 0.174.